The molecule has 2 rings (SSSR count). The SMILES string of the molecule is COc1cc(OC)nc(NC(=O)NS(=O)(=O)c2ccccc2C(O)CCF)n1. The zero-order valence-corrected chi connectivity index (χ0v) is 15.9. The van der Waals surface area contributed by atoms with Crippen LogP contribution >= 0.6 is 0 Å². The van der Waals surface area contributed by atoms with Crippen LogP contribution in [0.1, 0.15) is 18.1 Å². The molecule has 0 fully saturated rings. The largest absolute Gasteiger partial charge is 0.481 e. The van der Waals surface area contributed by atoms with E-state index in [1.807, 2.05) is 0 Å². The molecule has 28 heavy (non-hydrogen) atoms. The molecule has 0 radical (unpaired) electrons. The monoisotopic (exact) mass is 414 g/mol. The fourth-order valence-corrected chi connectivity index (χ4v) is 3.41. The number of sulfonamides is 1. The number of benzene rings is 1. The number of methoxy groups -OCH3 is 2. The minimum Gasteiger partial charge on any atom is -0.481 e. The van der Waals surface area contributed by atoms with Gasteiger partial charge in [0.15, 0.2) is 0 Å². The number of rotatable bonds is 8. The van der Waals surface area contributed by atoms with Gasteiger partial charge in [0.05, 0.1) is 38.0 Å². The van der Waals surface area contributed by atoms with E-state index in [1.165, 1.54) is 44.6 Å². The third kappa shape index (κ3) is 5.27. The standard InChI is InChI=1S/C16H19FN4O6S/c1-26-13-9-14(27-2)19-15(18-13)20-16(23)21-28(24,25)12-6-4-3-5-10(12)11(22)7-8-17/h3-6,9,11,22H,7-8H2,1-2H3,(H2,18,19,20,21,23). The third-order valence-corrected chi connectivity index (χ3v) is 4.90. The lowest BCUT2D eigenvalue weighted by Gasteiger charge is -2.15. The first-order chi connectivity index (χ1) is 13.3. The van der Waals surface area contributed by atoms with Crippen LogP contribution in [0.4, 0.5) is 15.1 Å². The van der Waals surface area contributed by atoms with Crippen molar-refractivity contribution in [1.29, 1.82) is 0 Å². The third-order valence-electron chi connectivity index (χ3n) is 3.50. The van der Waals surface area contributed by atoms with Crippen molar-refractivity contribution in [3.8, 4) is 11.8 Å². The Morgan fingerprint density at radius 3 is 2.39 bits per heavy atom. The summed E-state index contributed by atoms with van der Waals surface area (Å²) in [5.74, 6) is -0.0796. The number of alkyl halides is 1. The Kier molecular flexibility index (Phi) is 7.06. The summed E-state index contributed by atoms with van der Waals surface area (Å²) >= 11 is 0. The molecule has 0 saturated heterocycles. The smallest absolute Gasteiger partial charge is 0.335 e. The van der Waals surface area contributed by atoms with Crippen molar-refractivity contribution >= 4 is 22.0 Å². The minimum atomic E-state index is -4.37. The van der Waals surface area contributed by atoms with Crippen molar-refractivity contribution in [2.75, 3.05) is 26.2 Å². The van der Waals surface area contributed by atoms with Crippen LogP contribution in [0.15, 0.2) is 35.2 Å². The van der Waals surface area contributed by atoms with Gasteiger partial charge in [0.1, 0.15) is 0 Å². The van der Waals surface area contributed by atoms with Crippen molar-refractivity contribution in [3.05, 3.63) is 35.9 Å². The van der Waals surface area contributed by atoms with Crippen molar-refractivity contribution in [2.24, 2.45) is 0 Å². The number of hydrogen-bond acceptors (Lipinski definition) is 8. The van der Waals surface area contributed by atoms with Gasteiger partial charge in [-0.2, -0.15) is 9.97 Å². The Bertz CT molecular complexity index is 918. The molecule has 0 bridgehead atoms. The number of aliphatic hydroxyl groups excluding tert-OH is 1. The summed E-state index contributed by atoms with van der Waals surface area (Å²) < 4.78 is 49.3. The van der Waals surface area contributed by atoms with Gasteiger partial charge >= 0.3 is 6.03 Å². The second kappa shape index (κ2) is 9.28. The number of urea groups is 1. The highest BCUT2D eigenvalue weighted by Gasteiger charge is 2.24. The average molecular weight is 414 g/mol. The topological polar surface area (TPSA) is 140 Å². The van der Waals surface area contributed by atoms with E-state index in [4.69, 9.17) is 9.47 Å². The van der Waals surface area contributed by atoms with E-state index in [1.54, 1.807) is 4.72 Å². The van der Waals surface area contributed by atoms with E-state index < -0.39 is 28.8 Å². The van der Waals surface area contributed by atoms with Crippen molar-refractivity contribution in [1.82, 2.24) is 14.7 Å². The fraction of sp³-hybridized carbons (Fsp3) is 0.312. The maximum atomic E-state index is 12.5. The first kappa shape index (κ1) is 21.3. The molecule has 0 saturated carbocycles. The molecular weight excluding hydrogens is 395 g/mol. The lowest BCUT2D eigenvalue weighted by atomic mass is 10.1. The van der Waals surface area contributed by atoms with Crippen LogP contribution in [0.5, 0.6) is 11.8 Å². The Hall–Kier alpha value is -2.99. The lowest BCUT2D eigenvalue weighted by Crippen LogP contribution is -2.35. The molecule has 1 atom stereocenters. The molecule has 2 amide bonds. The van der Waals surface area contributed by atoms with Crippen LogP contribution in [0.25, 0.3) is 0 Å². The number of nitrogens with zero attached hydrogens (tertiary/aromatic N) is 2. The van der Waals surface area contributed by atoms with Gasteiger partial charge in [-0.15, -0.1) is 0 Å². The molecule has 0 aliphatic heterocycles. The number of aromatic nitrogens is 2. The quantitative estimate of drug-likeness (QED) is 0.589. The van der Waals surface area contributed by atoms with Crippen LogP contribution in [0, 0.1) is 0 Å². The van der Waals surface area contributed by atoms with Gasteiger partial charge < -0.3 is 14.6 Å². The van der Waals surface area contributed by atoms with E-state index in [-0.39, 0.29) is 34.6 Å². The first-order valence-electron chi connectivity index (χ1n) is 7.94. The highest BCUT2D eigenvalue weighted by Crippen LogP contribution is 2.25. The maximum absolute atomic E-state index is 12.5. The summed E-state index contributed by atoms with van der Waals surface area (Å²) in [6, 6.07) is 5.65. The number of halogens is 1. The Morgan fingerprint density at radius 2 is 1.82 bits per heavy atom. The summed E-state index contributed by atoms with van der Waals surface area (Å²) in [6.07, 6.45) is -1.62. The molecule has 2 aromatic rings. The average Bonchev–Trinajstić information content (AvgIpc) is 2.67. The molecule has 1 heterocycles. The molecule has 1 unspecified atom stereocenters. The van der Waals surface area contributed by atoms with Crippen molar-refractivity contribution in [2.45, 2.75) is 17.4 Å². The van der Waals surface area contributed by atoms with Gasteiger partial charge in [-0.25, -0.2) is 17.9 Å². The van der Waals surface area contributed by atoms with Crippen molar-refractivity contribution in [3.63, 3.8) is 0 Å². The van der Waals surface area contributed by atoms with E-state index in [0.29, 0.717) is 0 Å². The first-order valence-corrected chi connectivity index (χ1v) is 9.43. The molecule has 3 N–H and O–H groups in total. The van der Waals surface area contributed by atoms with E-state index in [2.05, 4.69) is 15.3 Å². The molecule has 10 nitrogen and oxygen atoms in total. The van der Waals surface area contributed by atoms with Crippen LogP contribution in [0.2, 0.25) is 0 Å². The molecule has 0 aliphatic carbocycles. The summed E-state index contributed by atoms with van der Waals surface area (Å²) in [7, 11) is -1.68. The highest BCUT2D eigenvalue weighted by atomic mass is 32.2. The molecule has 1 aromatic carbocycles. The normalized spacial score (nSPS) is 12.1. The van der Waals surface area contributed by atoms with E-state index >= 15 is 0 Å². The summed E-state index contributed by atoms with van der Waals surface area (Å²) in [5, 5.41) is 12.1. The van der Waals surface area contributed by atoms with Gasteiger partial charge in [0.2, 0.25) is 17.7 Å². The van der Waals surface area contributed by atoms with Gasteiger partial charge in [-0.05, 0) is 6.07 Å². The Balaban J connectivity index is 2.22. The van der Waals surface area contributed by atoms with Crippen LogP contribution < -0.4 is 19.5 Å². The summed E-state index contributed by atoms with van der Waals surface area (Å²) in [6.45, 7) is -0.835. The number of aliphatic hydroxyl groups is 1. The second-order valence-corrected chi connectivity index (χ2v) is 7.02. The van der Waals surface area contributed by atoms with Gasteiger partial charge in [0, 0.05) is 12.0 Å². The maximum Gasteiger partial charge on any atom is 0.335 e. The van der Waals surface area contributed by atoms with Gasteiger partial charge in [0.25, 0.3) is 10.0 Å². The summed E-state index contributed by atoms with van der Waals surface area (Å²) in [4.78, 5) is 19.5. The second-order valence-electron chi connectivity index (χ2n) is 5.37. The van der Waals surface area contributed by atoms with Crippen LogP contribution in [0.3, 0.4) is 0 Å². The molecule has 152 valence electrons. The van der Waals surface area contributed by atoms with E-state index in [0.717, 1.165) is 0 Å². The van der Waals surface area contributed by atoms with Crippen molar-refractivity contribution < 1.29 is 32.2 Å². The minimum absolute atomic E-state index is 0.0280. The zero-order chi connectivity index (χ0) is 20.7. The van der Waals surface area contributed by atoms with Gasteiger partial charge in [-0.3, -0.25) is 9.71 Å². The predicted molar refractivity (Wildman–Crippen MR) is 96.5 cm³/mol. The number of anilines is 1. The predicted octanol–water partition coefficient (Wildman–Crippen LogP) is 1.40. The number of amides is 2. The van der Waals surface area contributed by atoms with E-state index in [9.17, 15) is 22.7 Å². The Labute approximate surface area is 160 Å². The zero-order valence-electron chi connectivity index (χ0n) is 15.0. The lowest BCUT2D eigenvalue weighted by molar-refractivity contribution is 0.153. The van der Waals surface area contributed by atoms with Crippen LogP contribution in [-0.4, -0.2) is 50.4 Å². The number of carbonyl (C=O) groups is 1. The molecule has 0 spiro atoms. The molecule has 0 aliphatic rings. The fourth-order valence-electron chi connectivity index (χ4n) is 2.23. The summed E-state index contributed by atoms with van der Waals surface area (Å²) in [5.41, 5.74) is -0.0280. The number of hydrogen-bond donors (Lipinski definition) is 3. The molecule has 1 aromatic heterocycles. The number of ether oxygens (including phenoxy) is 2. The Morgan fingerprint density at radius 1 is 1.21 bits per heavy atom. The van der Waals surface area contributed by atoms with Gasteiger partial charge in [-0.1, -0.05) is 18.2 Å². The highest BCUT2D eigenvalue weighted by molar-refractivity contribution is 7.90. The van der Waals surface area contributed by atoms with Crippen LogP contribution in [-0.2, 0) is 10.0 Å². The number of nitrogens with one attached hydrogen (secondary N) is 2. The molecular formula is C16H19FN4O6S. The molecule has 12 heteroatoms. The number of carbonyl (C=O) groups excluding carboxylic acids is 1.